The average molecular weight is 310 g/mol. The van der Waals surface area contributed by atoms with Gasteiger partial charge in [-0.25, -0.2) is 4.98 Å². The topological polar surface area (TPSA) is 33.2 Å². The Kier molecular flexibility index (Phi) is 3.19. The van der Waals surface area contributed by atoms with Gasteiger partial charge in [-0.1, -0.05) is 39.1 Å². The van der Waals surface area contributed by atoms with Crippen LogP contribution in [0.25, 0.3) is 0 Å². The predicted octanol–water partition coefficient (Wildman–Crippen LogP) is 2.89. The molecule has 0 aromatic carbocycles. The largest absolute Gasteiger partial charge is 0.311 e. The van der Waals surface area contributed by atoms with Crippen molar-refractivity contribution in [1.29, 1.82) is 0 Å². The Labute approximate surface area is 106 Å². The first-order valence-electron chi connectivity index (χ1n) is 4.34. The van der Waals surface area contributed by atoms with E-state index in [2.05, 4.69) is 20.9 Å². The number of nitrogens with zero attached hydrogens (tertiary/aromatic N) is 2. The fourth-order valence-corrected chi connectivity index (χ4v) is 2.54. The van der Waals surface area contributed by atoms with Gasteiger partial charge in [0.2, 0.25) is 5.91 Å². The molecule has 1 aliphatic rings. The fourth-order valence-electron chi connectivity index (χ4n) is 1.52. The second-order valence-corrected chi connectivity index (χ2v) is 5.35. The van der Waals surface area contributed by atoms with Crippen molar-refractivity contribution in [2.75, 3.05) is 11.4 Å². The van der Waals surface area contributed by atoms with E-state index in [1.807, 2.05) is 0 Å². The monoisotopic (exact) mass is 308 g/mol. The maximum atomic E-state index is 11.6. The first kappa shape index (κ1) is 11.2. The van der Waals surface area contributed by atoms with Gasteiger partial charge in [-0.15, -0.1) is 0 Å². The lowest BCUT2D eigenvalue weighted by Crippen LogP contribution is -2.24. The van der Waals surface area contributed by atoms with E-state index in [0.29, 0.717) is 29.0 Å². The van der Waals surface area contributed by atoms with Gasteiger partial charge in [0.1, 0.15) is 10.3 Å². The summed E-state index contributed by atoms with van der Waals surface area (Å²) in [5.74, 6) is 0.0650. The van der Waals surface area contributed by atoms with Gasteiger partial charge in [0.25, 0.3) is 0 Å². The summed E-state index contributed by atoms with van der Waals surface area (Å²) in [7, 11) is 0. The minimum Gasteiger partial charge on any atom is -0.311 e. The van der Waals surface area contributed by atoms with E-state index >= 15 is 0 Å². The van der Waals surface area contributed by atoms with E-state index in [-0.39, 0.29) is 10.7 Å². The molecule has 2 heterocycles. The number of anilines is 1. The van der Waals surface area contributed by atoms with Gasteiger partial charge in [0, 0.05) is 23.5 Å². The van der Waals surface area contributed by atoms with E-state index in [1.54, 1.807) is 17.0 Å². The second-order valence-electron chi connectivity index (χ2n) is 3.28. The predicted molar refractivity (Wildman–Crippen MR) is 63.9 cm³/mol. The molecule has 1 aromatic rings. The van der Waals surface area contributed by atoms with E-state index in [0.717, 1.165) is 0 Å². The third-order valence-electron chi connectivity index (χ3n) is 2.14. The molecule has 0 spiro atoms. The number of carbonyl (C=O) groups is 1. The Bertz CT molecular complexity index is 393. The molecule has 1 aliphatic heterocycles. The molecule has 3 nitrogen and oxygen atoms in total. The number of hydrogen-bond acceptors (Lipinski definition) is 2. The summed E-state index contributed by atoms with van der Waals surface area (Å²) >= 11 is 14.9. The van der Waals surface area contributed by atoms with Crippen LogP contribution in [0.2, 0.25) is 10.3 Å². The first-order valence-corrected chi connectivity index (χ1v) is 6.01. The van der Waals surface area contributed by atoms with Crippen molar-refractivity contribution in [2.45, 2.75) is 11.2 Å². The second kappa shape index (κ2) is 4.28. The van der Waals surface area contributed by atoms with Crippen LogP contribution >= 0.6 is 39.1 Å². The van der Waals surface area contributed by atoms with Crippen LogP contribution in [0.3, 0.4) is 0 Å². The lowest BCUT2D eigenvalue weighted by Gasteiger charge is -2.16. The molecule has 1 unspecified atom stereocenters. The lowest BCUT2D eigenvalue weighted by atomic mass is 10.3. The maximum Gasteiger partial charge on any atom is 0.228 e. The molecule has 6 heteroatoms. The maximum absolute atomic E-state index is 11.6. The molecule has 0 radical (unpaired) electrons. The molecule has 80 valence electrons. The van der Waals surface area contributed by atoms with Crippen molar-refractivity contribution >= 4 is 50.7 Å². The Hall–Kier alpha value is -0.320. The number of carbonyl (C=O) groups excluding carboxylic acids is 1. The van der Waals surface area contributed by atoms with Crippen molar-refractivity contribution in [3.05, 3.63) is 22.4 Å². The van der Waals surface area contributed by atoms with Crippen LogP contribution in [0.15, 0.2) is 12.1 Å². The fraction of sp³-hybridized carbons (Fsp3) is 0.333. The van der Waals surface area contributed by atoms with Crippen molar-refractivity contribution in [1.82, 2.24) is 4.98 Å². The van der Waals surface area contributed by atoms with Crippen molar-refractivity contribution in [3.8, 4) is 0 Å². The molecule has 0 aliphatic carbocycles. The SMILES string of the molecule is O=C1CC(Br)CN1c1cc(Cl)nc(Cl)c1. The number of aromatic nitrogens is 1. The molecule has 1 fully saturated rings. The third-order valence-corrected chi connectivity index (χ3v) is 3.14. The number of alkyl halides is 1. The normalized spacial score (nSPS) is 21.1. The zero-order valence-corrected chi connectivity index (χ0v) is 10.7. The highest BCUT2D eigenvalue weighted by atomic mass is 79.9. The molecule has 15 heavy (non-hydrogen) atoms. The zero-order chi connectivity index (χ0) is 11.0. The number of halogens is 3. The highest BCUT2D eigenvalue weighted by Gasteiger charge is 2.29. The summed E-state index contributed by atoms with van der Waals surface area (Å²) in [6, 6.07) is 3.27. The smallest absolute Gasteiger partial charge is 0.228 e. The van der Waals surface area contributed by atoms with Crippen LogP contribution in [0, 0.1) is 0 Å². The van der Waals surface area contributed by atoms with Crippen LogP contribution in [0.5, 0.6) is 0 Å². The number of rotatable bonds is 1. The van der Waals surface area contributed by atoms with Gasteiger partial charge >= 0.3 is 0 Å². The molecule has 0 N–H and O–H groups in total. The van der Waals surface area contributed by atoms with Gasteiger partial charge in [0.05, 0.1) is 0 Å². The highest BCUT2D eigenvalue weighted by molar-refractivity contribution is 9.09. The van der Waals surface area contributed by atoms with Gasteiger partial charge in [-0.2, -0.15) is 0 Å². The van der Waals surface area contributed by atoms with Gasteiger partial charge < -0.3 is 4.90 Å². The van der Waals surface area contributed by atoms with Gasteiger partial charge in [0.15, 0.2) is 0 Å². The molecular weight excluding hydrogens is 303 g/mol. The molecule has 1 amide bonds. The lowest BCUT2D eigenvalue weighted by molar-refractivity contribution is -0.117. The molecule has 0 saturated carbocycles. The third kappa shape index (κ3) is 2.44. The molecule has 1 aromatic heterocycles. The number of hydrogen-bond donors (Lipinski definition) is 0. The molecular formula is C9H7BrCl2N2O. The molecule has 2 rings (SSSR count). The van der Waals surface area contributed by atoms with Crippen LogP contribution in [0.1, 0.15) is 6.42 Å². The van der Waals surface area contributed by atoms with E-state index < -0.39 is 0 Å². The van der Waals surface area contributed by atoms with Crippen molar-refractivity contribution in [3.63, 3.8) is 0 Å². The number of pyridine rings is 1. The number of amides is 1. The van der Waals surface area contributed by atoms with Crippen LogP contribution < -0.4 is 4.90 Å². The molecule has 0 bridgehead atoms. The standard InChI is InChI=1S/C9H7BrCl2N2O/c10-5-1-9(15)14(4-5)6-2-7(11)13-8(12)3-6/h2-3,5H,1,4H2. The summed E-state index contributed by atoms with van der Waals surface area (Å²) in [5, 5.41) is 0.589. The first-order chi connectivity index (χ1) is 7.06. The summed E-state index contributed by atoms with van der Waals surface area (Å²) < 4.78 is 0. The van der Waals surface area contributed by atoms with E-state index in [9.17, 15) is 4.79 Å². The molecule has 1 atom stereocenters. The Morgan fingerprint density at radius 1 is 1.40 bits per heavy atom. The summed E-state index contributed by atoms with van der Waals surface area (Å²) in [5.41, 5.74) is 0.701. The summed E-state index contributed by atoms with van der Waals surface area (Å²) in [4.78, 5) is 17.3. The molecule has 1 saturated heterocycles. The van der Waals surface area contributed by atoms with Gasteiger partial charge in [-0.3, -0.25) is 4.79 Å². The van der Waals surface area contributed by atoms with E-state index in [4.69, 9.17) is 23.2 Å². The summed E-state index contributed by atoms with van der Waals surface area (Å²) in [6.07, 6.45) is 0.498. The quantitative estimate of drug-likeness (QED) is 0.590. The van der Waals surface area contributed by atoms with Crippen LogP contribution in [0.4, 0.5) is 5.69 Å². The van der Waals surface area contributed by atoms with Crippen LogP contribution in [-0.4, -0.2) is 22.3 Å². The Morgan fingerprint density at radius 2 is 2.00 bits per heavy atom. The minimum atomic E-state index is 0.0650. The van der Waals surface area contributed by atoms with Gasteiger partial charge in [-0.05, 0) is 12.1 Å². The van der Waals surface area contributed by atoms with Crippen molar-refractivity contribution < 1.29 is 4.79 Å². The summed E-state index contributed by atoms with van der Waals surface area (Å²) in [6.45, 7) is 0.634. The van der Waals surface area contributed by atoms with E-state index in [1.165, 1.54) is 0 Å². The van der Waals surface area contributed by atoms with Crippen molar-refractivity contribution in [2.24, 2.45) is 0 Å². The Morgan fingerprint density at radius 3 is 2.47 bits per heavy atom. The minimum absolute atomic E-state index is 0.0650. The van der Waals surface area contributed by atoms with Crippen LogP contribution in [-0.2, 0) is 4.79 Å². The zero-order valence-electron chi connectivity index (χ0n) is 7.58. The average Bonchev–Trinajstić information content (AvgIpc) is 2.43. The highest BCUT2D eigenvalue weighted by Crippen LogP contribution is 2.28. The Balaban J connectivity index is 2.33.